The molecule has 116 valence electrons. The Labute approximate surface area is 128 Å². The Morgan fingerprint density at radius 2 is 2.23 bits per heavy atom. The van der Waals surface area contributed by atoms with E-state index in [1.54, 1.807) is 0 Å². The Morgan fingerprint density at radius 1 is 1.41 bits per heavy atom. The molecule has 1 atom stereocenters. The second-order valence-electron chi connectivity index (χ2n) is 6.36. The van der Waals surface area contributed by atoms with Gasteiger partial charge in [0.05, 0.1) is 0 Å². The molecule has 1 fully saturated rings. The van der Waals surface area contributed by atoms with Crippen molar-refractivity contribution in [3.8, 4) is 0 Å². The van der Waals surface area contributed by atoms with E-state index in [9.17, 15) is 4.79 Å². The Hall–Kier alpha value is -2.01. The average molecular weight is 300 g/mol. The molecule has 0 saturated heterocycles. The van der Waals surface area contributed by atoms with E-state index in [2.05, 4.69) is 33.8 Å². The van der Waals surface area contributed by atoms with Crippen molar-refractivity contribution in [2.75, 3.05) is 0 Å². The van der Waals surface area contributed by atoms with Crippen LogP contribution in [0.15, 0.2) is 18.2 Å². The zero-order valence-electron chi connectivity index (χ0n) is 12.6. The lowest BCUT2D eigenvalue weighted by Crippen LogP contribution is -2.23. The normalized spacial score (nSPS) is 20.3. The van der Waals surface area contributed by atoms with Gasteiger partial charge in [0.15, 0.2) is 0 Å². The van der Waals surface area contributed by atoms with Crippen molar-refractivity contribution >= 4 is 17.1 Å². The largest absolute Gasteiger partial charge is 0.506 e. The molecule has 1 aromatic heterocycles. The predicted molar refractivity (Wildman–Crippen MR) is 83.0 cm³/mol. The van der Waals surface area contributed by atoms with Crippen molar-refractivity contribution in [3.05, 3.63) is 35.0 Å². The van der Waals surface area contributed by atoms with Crippen LogP contribution >= 0.6 is 0 Å². The highest BCUT2D eigenvalue weighted by Crippen LogP contribution is 2.40. The summed E-state index contributed by atoms with van der Waals surface area (Å²) in [5.74, 6) is 0. The maximum absolute atomic E-state index is 10.5. The smallest absolute Gasteiger partial charge is 0.450 e. The molecule has 1 saturated carbocycles. The van der Waals surface area contributed by atoms with E-state index >= 15 is 0 Å². The van der Waals surface area contributed by atoms with Gasteiger partial charge < -0.3 is 19.7 Å². The lowest BCUT2D eigenvalue weighted by atomic mass is 10.1. The van der Waals surface area contributed by atoms with Gasteiger partial charge in [0, 0.05) is 35.7 Å². The number of nitrogens with one attached hydrogen (secondary N) is 1. The molecule has 5 nitrogen and oxygen atoms in total. The first-order valence-electron chi connectivity index (χ1n) is 7.85. The molecule has 0 radical (unpaired) electrons. The highest BCUT2D eigenvalue weighted by Gasteiger charge is 2.33. The summed E-state index contributed by atoms with van der Waals surface area (Å²) in [5, 5.41) is 13.6. The lowest BCUT2D eigenvalue weighted by molar-refractivity contribution is 0.0854. The molecule has 0 bridgehead atoms. The third-order valence-electron chi connectivity index (χ3n) is 4.81. The second-order valence-corrected chi connectivity index (χ2v) is 6.36. The molecule has 2 aliphatic carbocycles. The van der Waals surface area contributed by atoms with Crippen molar-refractivity contribution in [3.63, 3.8) is 0 Å². The fraction of sp³-hybridized carbons (Fsp3) is 0.471. The number of rotatable bonds is 4. The van der Waals surface area contributed by atoms with Crippen LogP contribution in [-0.2, 0) is 24.8 Å². The van der Waals surface area contributed by atoms with Gasteiger partial charge >= 0.3 is 6.16 Å². The summed E-state index contributed by atoms with van der Waals surface area (Å²) in [6.45, 7) is 0.110. The van der Waals surface area contributed by atoms with Gasteiger partial charge in [-0.2, -0.15) is 0 Å². The number of nitrogens with zero attached hydrogens (tertiary/aromatic N) is 1. The molecule has 0 amide bonds. The van der Waals surface area contributed by atoms with Crippen molar-refractivity contribution in [1.82, 2.24) is 9.88 Å². The van der Waals surface area contributed by atoms with Crippen LogP contribution in [0.4, 0.5) is 4.79 Å². The molecular weight excluding hydrogens is 280 g/mol. The van der Waals surface area contributed by atoms with Gasteiger partial charge in [-0.3, -0.25) is 0 Å². The van der Waals surface area contributed by atoms with Gasteiger partial charge in [-0.25, -0.2) is 4.79 Å². The first-order valence-corrected chi connectivity index (χ1v) is 7.85. The molecule has 0 aliphatic heterocycles. The number of ether oxygens (including phenoxy) is 1. The minimum atomic E-state index is -1.23. The Bertz CT molecular complexity index is 746. The number of carbonyl (C=O) groups is 1. The quantitative estimate of drug-likeness (QED) is 0.852. The third kappa shape index (κ3) is 2.25. The number of aryl methyl sites for hydroxylation is 2. The van der Waals surface area contributed by atoms with Crippen LogP contribution in [0.2, 0.25) is 0 Å². The number of carboxylic acid groups (broad SMARTS) is 1. The van der Waals surface area contributed by atoms with Gasteiger partial charge in [0.25, 0.3) is 0 Å². The number of fused-ring (bicyclic) bond motifs is 3. The standard InChI is InChI=1S/C17H20N2O3/c1-19-15-7-2-10(9-22-17(20)21)8-13(15)12-5-6-14(16(12)19)18-11-3-4-11/h2,7-8,11,14,18H,3-6,9H2,1H3,(H,20,21). The molecule has 1 aromatic carbocycles. The van der Waals surface area contributed by atoms with Crippen molar-refractivity contribution in [1.29, 1.82) is 0 Å². The number of benzene rings is 1. The van der Waals surface area contributed by atoms with Crippen LogP contribution in [0.5, 0.6) is 0 Å². The summed E-state index contributed by atoms with van der Waals surface area (Å²) in [6.07, 6.45) is 3.60. The Morgan fingerprint density at radius 3 is 2.95 bits per heavy atom. The molecular formula is C17H20N2O3. The van der Waals surface area contributed by atoms with Gasteiger partial charge in [-0.1, -0.05) is 6.07 Å². The minimum absolute atomic E-state index is 0.110. The van der Waals surface area contributed by atoms with Crippen LogP contribution in [0.3, 0.4) is 0 Å². The summed E-state index contributed by atoms with van der Waals surface area (Å²) < 4.78 is 6.97. The first kappa shape index (κ1) is 13.6. The number of aromatic nitrogens is 1. The van der Waals surface area contributed by atoms with E-state index in [0.717, 1.165) is 18.4 Å². The van der Waals surface area contributed by atoms with Crippen LogP contribution < -0.4 is 5.32 Å². The van der Waals surface area contributed by atoms with Crippen LogP contribution in [0.1, 0.15) is 42.1 Å². The maximum atomic E-state index is 10.5. The fourth-order valence-electron chi connectivity index (χ4n) is 3.65. The van der Waals surface area contributed by atoms with Gasteiger partial charge in [0.2, 0.25) is 0 Å². The summed E-state index contributed by atoms with van der Waals surface area (Å²) in [4.78, 5) is 10.5. The first-order chi connectivity index (χ1) is 10.6. The fourth-order valence-corrected chi connectivity index (χ4v) is 3.65. The molecule has 2 aliphatic rings. The van der Waals surface area contributed by atoms with E-state index < -0.39 is 6.16 Å². The highest BCUT2D eigenvalue weighted by molar-refractivity contribution is 5.87. The molecule has 22 heavy (non-hydrogen) atoms. The summed E-state index contributed by atoms with van der Waals surface area (Å²) in [5.41, 5.74) is 4.93. The molecule has 1 heterocycles. The van der Waals surface area contributed by atoms with Gasteiger partial charge in [0.1, 0.15) is 6.61 Å². The van der Waals surface area contributed by atoms with Crippen molar-refractivity contribution in [2.24, 2.45) is 7.05 Å². The second kappa shape index (κ2) is 5.02. The van der Waals surface area contributed by atoms with Gasteiger partial charge in [-0.15, -0.1) is 0 Å². The zero-order chi connectivity index (χ0) is 15.3. The zero-order valence-corrected chi connectivity index (χ0v) is 12.6. The molecule has 2 N–H and O–H groups in total. The lowest BCUT2D eigenvalue weighted by Gasteiger charge is -2.15. The highest BCUT2D eigenvalue weighted by atomic mass is 16.7. The van der Waals surface area contributed by atoms with E-state index in [1.165, 1.54) is 35.0 Å². The molecule has 2 aromatic rings. The molecule has 0 spiro atoms. The number of hydrogen-bond acceptors (Lipinski definition) is 3. The minimum Gasteiger partial charge on any atom is -0.450 e. The third-order valence-corrected chi connectivity index (χ3v) is 4.81. The van der Waals surface area contributed by atoms with Crippen molar-refractivity contribution < 1.29 is 14.6 Å². The van der Waals surface area contributed by atoms with E-state index in [-0.39, 0.29) is 6.61 Å². The molecule has 4 rings (SSSR count). The maximum Gasteiger partial charge on any atom is 0.506 e. The monoisotopic (exact) mass is 300 g/mol. The predicted octanol–water partition coefficient (Wildman–Crippen LogP) is 3.11. The topological polar surface area (TPSA) is 63.5 Å². The van der Waals surface area contributed by atoms with Crippen LogP contribution in [0.25, 0.3) is 10.9 Å². The Kier molecular flexibility index (Phi) is 3.11. The summed E-state index contributed by atoms with van der Waals surface area (Å²) in [7, 11) is 2.13. The number of hydrogen-bond donors (Lipinski definition) is 2. The van der Waals surface area contributed by atoms with Crippen LogP contribution in [-0.4, -0.2) is 21.9 Å². The molecule has 5 heteroatoms. The SMILES string of the molecule is Cn1c2c(c3cc(COC(=O)O)ccc31)CCC2NC1CC1. The van der Waals surface area contributed by atoms with E-state index in [4.69, 9.17) is 5.11 Å². The molecule has 1 unspecified atom stereocenters. The Balaban J connectivity index is 1.70. The summed E-state index contributed by atoms with van der Waals surface area (Å²) in [6, 6.07) is 7.26. The van der Waals surface area contributed by atoms with E-state index in [0.29, 0.717) is 12.1 Å². The average Bonchev–Trinajstić information content (AvgIpc) is 3.14. The van der Waals surface area contributed by atoms with E-state index in [1.807, 2.05) is 6.07 Å². The van der Waals surface area contributed by atoms with Crippen LogP contribution in [0, 0.1) is 0 Å². The summed E-state index contributed by atoms with van der Waals surface area (Å²) >= 11 is 0. The van der Waals surface area contributed by atoms with Gasteiger partial charge in [-0.05, 0) is 48.9 Å². The van der Waals surface area contributed by atoms with Crippen molar-refractivity contribution in [2.45, 2.75) is 44.4 Å².